The number of hydrogen-bond acceptors (Lipinski definition) is 6. The fourth-order valence-corrected chi connectivity index (χ4v) is 4.20. The number of ether oxygens (including phenoxy) is 1. The van der Waals surface area contributed by atoms with Crippen LogP contribution in [0.5, 0.6) is 0 Å². The zero-order chi connectivity index (χ0) is 21.5. The van der Waals surface area contributed by atoms with Crippen molar-refractivity contribution in [3.05, 3.63) is 29.8 Å². The van der Waals surface area contributed by atoms with E-state index in [1.54, 1.807) is 12.1 Å². The summed E-state index contributed by atoms with van der Waals surface area (Å²) >= 11 is 0. The minimum absolute atomic E-state index is 0.0666. The average molecular weight is 429 g/mol. The van der Waals surface area contributed by atoms with Gasteiger partial charge in [-0.3, -0.25) is 9.35 Å². The monoisotopic (exact) mass is 428 g/mol. The Hall–Kier alpha value is -1.52. The number of carbonyl (C=O) groups is 1. The van der Waals surface area contributed by atoms with Crippen LogP contribution in [-0.2, 0) is 19.6 Å². The number of likely N-dealkylation sites (tertiary alicyclic amines) is 1. The summed E-state index contributed by atoms with van der Waals surface area (Å²) in [4.78, 5) is 13.8. The third-order valence-electron chi connectivity index (χ3n) is 5.79. The Morgan fingerprint density at radius 1 is 1.21 bits per heavy atom. The van der Waals surface area contributed by atoms with Gasteiger partial charge < -0.3 is 20.5 Å². The Balaban J connectivity index is 0.000000234. The summed E-state index contributed by atoms with van der Waals surface area (Å²) in [6, 6.07) is 5.99. The molecule has 1 aromatic rings. The first-order valence-electron chi connectivity index (χ1n) is 9.94. The Bertz CT molecular complexity index is 752. The molecule has 4 N–H and O–H groups in total. The van der Waals surface area contributed by atoms with Crippen LogP contribution in [0.3, 0.4) is 0 Å². The van der Waals surface area contributed by atoms with Crippen LogP contribution in [0.25, 0.3) is 0 Å². The van der Waals surface area contributed by atoms with Gasteiger partial charge in [0.15, 0.2) is 0 Å². The van der Waals surface area contributed by atoms with Crippen molar-refractivity contribution in [1.82, 2.24) is 4.90 Å². The SMILES string of the molecule is Cc1ccc(S(=O)(=O)O)cc1.NCC1CCN(CC2(C(=O)O)CCOCC2)CC1. The molecule has 0 bridgehead atoms. The molecule has 1 aromatic carbocycles. The maximum Gasteiger partial charge on any atom is 0.311 e. The highest BCUT2D eigenvalue weighted by molar-refractivity contribution is 7.85. The van der Waals surface area contributed by atoms with Crippen LogP contribution in [-0.4, -0.2) is 68.3 Å². The van der Waals surface area contributed by atoms with Crippen molar-refractivity contribution < 1.29 is 27.6 Å². The van der Waals surface area contributed by atoms with E-state index in [4.69, 9.17) is 15.0 Å². The van der Waals surface area contributed by atoms with E-state index in [9.17, 15) is 18.3 Å². The Labute approximate surface area is 172 Å². The molecule has 2 fully saturated rings. The van der Waals surface area contributed by atoms with Gasteiger partial charge in [-0.2, -0.15) is 8.42 Å². The van der Waals surface area contributed by atoms with Gasteiger partial charge in [0.05, 0.1) is 10.3 Å². The molecule has 2 saturated heterocycles. The molecule has 0 saturated carbocycles. The lowest BCUT2D eigenvalue weighted by Crippen LogP contribution is -2.49. The third kappa shape index (κ3) is 7.04. The second-order valence-corrected chi connectivity index (χ2v) is 9.36. The summed E-state index contributed by atoms with van der Waals surface area (Å²) in [5.41, 5.74) is 6.04. The molecule has 0 radical (unpaired) electrons. The Morgan fingerprint density at radius 2 is 1.76 bits per heavy atom. The standard InChI is InChI=1S/C13H24N2O3.C7H8O3S/c14-9-11-1-5-15(6-2-11)10-13(12(16)17)3-7-18-8-4-13;1-6-2-4-7(5-3-6)11(8,9)10/h11H,1-10,14H2,(H,16,17);2-5H,1H3,(H,8,9,10). The van der Waals surface area contributed by atoms with E-state index >= 15 is 0 Å². The minimum atomic E-state index is -4.02. The molecule has 0 spiro atoms. The smallest absolute Gasteiger partial charge is 0.311 e. The molecule has 29 heavy (non-hydrogen) atoms. The number of carboxylic acids is 1. The normalized spacial score (nSPS) is 20.5. The highest BCUT2D eigenvalue weighted by atomic mass is 32.2. The maximum absolute atomic E-state index is 11.6. The topological polar surface area (TPSA) is 130 Å². The van der Waals surface area contributed by atoms with Crippen LogP contribution in [0.15, 0.2) is 29.2 Å². The quantitative estimate of drug-likeness (QED) is 0.605. The molecule has 3 rings (SSSR count). The number of nitrogens with two attached hydrogens (primary N) is 1. The van der Waals surface area contributed by atoms with Crippen molar-refractivity contribution in [2.45, 2.75) is 37.5 Å². The van der Waals surface area contributed by atoms with Crippen LogP contribution in [0.4, 0.5) is 0 Å². The molecule has 0 unspecified atom stereocenters. The van der Waals surface area contributed by atoms with Crippen LogP contribution in [0, 0.1) is 18.3 Å². The summed E-state index contributed by atoms with van der Waals surface area (Å²) in [7, 11) is -4.02. The third-order valence-corrected chi connectivity index (χ3v) is 6.66. The van der Waals surface area contributed by atoms with Gasteiger partial charge in [-0.05, 0) is 70.3 Å². The second kappa shape index (κ2) is 10.5. The van der Waals surface area contributed by atoms with Crippen molar-refractivity contribution in [1.29, 1.82) is 0 Å². The lowest BCUT2D eigenvalue weighted by molar-refractivity contribution is -0.157. The van der Waals surface area contributed by atoms with Crippen molar-refractivity contribution in [2.75, 3.05) is 39.4 Å². The van der Waals surface area contributed by atoms with Crippen molar-refractivity contribution in [3.63, 3.8) is 0 Å². The second-order valence-electron chi connectivity index (χ2n) is 7.94. The molecule has 164 valence electrons. The van der Waals surface area contributed by atoms with Crippen molar-refractivity contribution >= 4 is 16.1 Å². The molecular formula is C20H32N2O6S. The van der Waals surface area contributed by atoms with E-state index < -0.39 is 21.5 Å². The number of aliphatic carboxylic acids is 1. The highest BCUT2D eigenvalue weighted by Gasteiger charge is 2.42. The fourth-order valence-electron chi connectivity index (χ4n) is 3.72. The zero-order valence-electron chi connectivity index (χ0n) is 16.9. The van der Waals surface area contributed by atoms with E-state index in [-0.39, 0.29) is 4.90 Å². The number of aryl methyl sites for hydroxylation is 1. The van der Waals surface area contributed by atoms with E-state index in [1.807, 2.05) is 6.92 Å². The van der Waals surface area contributed by atoms with Gasteiger partial charge >= 0.3 is 5.97 Å². The van der Waals surface area contributed by atoms with Gasteiger partial charge in [0, 0.05) is 19.8 Å². The van der Waals surface area contributed by atoms with E-state index in [1.165, 1.54) is 12.1 Å². The number of benzene rings is 1. The van der Waals surface area contributed by atoms with E-state index in [2.05, 4.69) is 4.90 Å². The van der Waals surface area contributed by atoms with E-state index in [0.29, 0.717) is 38.5 Å². The summed E-state index contributed by atoms with van der Waals surface area (Å²) in [6.45, 7) is 6.38. The predicted molar refractivity (Wildman–Crippen MR) is 109 cm³/mol. The van der Waals surface area contributed by atoms with Crippen molar-refractivity contribution in [2.24, 2.45) is 17.1 Å². The lowest BCUT2D eigenvalue weighted by atomic mass is 9.79. The number of rotatable bonds is 5. The number of nitrogens with zero attached hydrogens (tertiary/aromatic N) is 1. The van der Waals surface area contributed by atoms with Gasteiger partial charge in [-0.1, -0.05) is 17.7 Å². The number of hydrogen-bond donors (Lipinski definition) is 3. The first-order valence-corrected chi connectivity index (χ1v) is 11.4. The molecule has 9 heteroatoms. The van der Waals surface area contributed by atoms with Gasteiger partial charge in [0.1, 0.15) is 0 Å². The van der Waals surface area contributed by atoms with Gasteiger partial charge in [0.25, 0.3) is 10.1 Å². The Kier molecular flexibility index (Phi) is 8.59. The fraction of sp³-hybridized carbons (Fsp3) is 0.650. The molecule has 0 aliphatic carbocycles. The Morgan fingerprint density at radius 3 is 2.21 bits per heavy atom. The van der Waals surface area contributed by atoms with E-state index in [0.717, 1.165) is 38.0 Å². The van der Waals surface area contributed by atoms with Crippen LogP contribution in [0.2, 0.25) is 0 Å². The maximum atomic E-state index is 11.6. The lowest BCUT2D eigenvalue weighted by Gasteiger charge is -2.40. The summed E-state index contributed by atoms with van der Waals surface area (Å²) < 4.78 is 34.9. The molecule has 0 amide bonds. The number of piperidine rings is 1. The molecule has 0 aromatic heterocycles. The van der Waals surface area contributed by atoms with Gasteiger partial charge in [-0.15, -0.1) is 0 Å². The first kappa shape index (κ1) is 23.8. The van der Waals surface area contributed by atoms with Crippen LogP contribution in [0.1, 0.15) is 31.2 Å². The molecule has 2 aliphatic rings. The average Bonchev–Trinajstić information content (AvgIpc) is 2.69. The molecular weight excluding hydrogens is 396 g/mol. The zero-order valence-corrected chi connectivity index (χ0v) is 17.7. The van der Waals surface area contributed by atoms with Crippen molar-refractivity contribution in [3.8, 4) is 0 Å². The summed E-state index contributed by atoms with van der Waals surface area (Å²) in [5.74, 6) is -0.0385. The molecule has 8 nitrogen and oxygen atoms in total. The minimum Gasteiger partial charge on any atom is -0.481 e. The largest absolute Gasteiger partial charge is 0.481 e. The highest BCUT2D eigenvalue weighted by Crippen LogP contribution is 2.33. The molecule has 2 heterocycles. The summed E-state index contributed by atoms with van der Waals surface area (Å²) in [6.07, 6.45) is 3.48. The predicted octanol–water partition coefficient (Wildman–Crippen LogP) is 1.78. The number of carboxylic acid groups (broad SMARTS) is 1. The summed E-state index contributed by atoms with van der Waals surface area (Å²) in [5, 5.41) is 9.52. The van der Waals surface area contributed by atoms with Crippen LogP contribution < -0.4 is 5.73 Å². The molecule has 0 atom stereocenters. The van der Waals surface area contributed by atoms with Gasteiger partial charge in [0.2, 0.25) is 0 Å². The molecule has 2 aliphatic heterocycles. The van der Waals surface area contributed by atoms with Gasteiger partial charge in [-0.25, -0.2) is 0 Å². The first-order chi connectivity index (χ1) is 13.7. The van der Waals surface area contributed by atoms with Crippen LogP contribution >= 0.6 is 0 Å².